The maximum atomic E-state index is 12.2. The molecule has 1 N–H and O–H groups in total. The fourth-order valence-corrected chi connectivity index (χ4v) is 2.89. The van der Waals surface area contributed by atoms with Crippen LogP contribution in [0.5, 0.6) is 0 Å². The molecule has 1 aromatic carbocycles. The topological polar surface area (TPSA) is 49.4 Å². The first-order valence-electron chi connectivity index (χ1n) is 6.96. The Balaban J connectivity index is 2.04. The number of nitrogens with one attached hydrogen (secondary N) is 1. The zero-order chi connectivity index (χ0) is 15.6. The fraction of sp³-hybridized carbons (Fsp3) is 0.467. The van der Waals surface area contributed by atoms with Gasteiger partial charge < -0.3 is 10.2 Å². The van der Waals surface area contributed by atoms with Crippen LogP contribution in [-0.4, -0.2) is 35.8 Å². The van der Waals surface area contributed by atoms with Gasteiger partial charge >= 0.3 is 0 Å². The normalized spacial score (nSPS) is 18.2. The number of nitrogens with zero attached hydrogens (tertiary/aromatic N) is 1. The predicted molar refractivity (Wildman–Crippen MR) is 83.9 cm³/mol. The minimum Gasteiger partial charge on any atom is -0.347 e. The first-order chi connectivity index (χ1) is 9.92. The van der Waals surface area contributed by atoms with E-state index < -0.39 is 0 Å². The van der Waals surface area contributed by atoms with Gasteiger partial charge in [-0.15, -0.1) is 0 Å². The van der Waals surface area contributed by atoms with E-state index in [0.29, 0.717) is 28.6 Å². The molecule has 0 aromatic heterocycles. The lowest BCUT2D eigenvalue weighted by Gasteiger charge is -2.16. The van der Waals surface area contributed by atoms with Crippen LogP contribution in [-0.2, 0) is 4.79 Å². The highest BCUT2D eigenvalue weighted by molar-refractivity contribution is 6.36. The molecule has 1 fully saturated rings. The summed E-state index contributed by atoms with van der Waals surface area (Å²) < 4.78 is 0. The second-order valence-electron chi connectivity index (χ2n) is 5.28. The van der Waals surface area contributed by atoms with Crippen molar-refractivity contribution in [3.8, 4) is 0 Å². The molecule has 21 heavy (non-hydrogen) atoms. The molecule has 0 saturated carbocycles. The molecule has 1 aliphatic heterocycles. The molecule has 2 amide bonds. The Morgan fingerprint density at radius 3 is 2.57 bits per heavy atom. The van der Waals surface area contributed by atoms with Gasteiger partial charge in [0.1, 0.15) is 0 Å². The summed E-state index contributed by atoms with van der Waals surface area (Å²) in [7, 11) is 0. The Bertz CT molecular complexity index is 552. The summed E-state index contributed by atoms with van der Waals surface area (Å²) in [4.78, 5) is 25.8. The Morgan fingerprint density at radius 2 is 2.00 bits per heavy atom. The van der Waals surface area contributed by atoms with Gasteiger partial charge in [0.25, 0.3) is 5.91 Å². The molecule has 1 aliphatic rings. The van der Waals surface area contributed by atoms with Gasteiger partial charge in [0.05, 0.1) is 6.04 Å². The van der Waals surface area contributed by atoms with Crippen LogP contribution in [0.2, 0.25) is 10.0 Å². The van der Waals surface area contributed by atoms with Crippen molar-refractivity contribution >= 4 is 35.0 Å². The highest BCUT2D eigenvalue weighted by Gasteiger charge is 2.30. The number of carbonyl (C=O) groups excluding carboxylic acids is 2. The van der Waals surface area contributed by atoms with E-state index in [-0.39, 0.29) is 17.9 Å². The standard InChI is InChI=1S/C15H18Cl2N2O2/c1-3-4-19-8-11(7-14(19)20)18-15(21)10-5-12(16)9(2)13(17)6-10/h5-6,11H,3-4,7-8H2,1-2H3,(H,18,21)/t11-/m0/s1. The lowest BCUT2D eigenvalue weighted by Crippen LogP contribution is -2.37. The molecule has 1 aromatic rings. The zero-order valence-electron chi connectivity index (χ0n) is 12.1. The summed E-state index contributed by atoms with van der Waals surface area (Å²) in [5.74, 6) is -0.169. The third-order valence-corrected chi connectivity index (χ3v) is 4.37. The Labute approximate surface area is 134 Å². The molecule has 1 saturated heterocycles. The van der Waals surface area contributed by atoms with E-state index in [1.807, 2.05) is 6.92 Å². The number of carbonyl (C=O) groups is 2. The van der Waals surface area contributed by atoms with E-state index >= 15 is 0 Å². The van der Waals surface area contributed by atoms with Crippen LogP contribution in [0.15, 0.2) is 12.1 Å². The third-order valence-electron chi connectivity index (χ3n) is 3.59. The fourth-order valence-electron chi connectivity index (χ4n) is 2.40. The van der Waals surface area contributed by atoms with Gasteiger partial charge in [0.2, 0.25) is 5.91 Å². The Morgan fingerprint density at radius 1 is 1.38 bits per heavy atom. The quantitative estimate of drug-likeness (QED) is 0.923. The second-order valence-corrected chi connectivity index (χ2v) is 6.09. The summed E-state index contributed by atoms with van der Waals surface area (Å²) >= 11 is 12.1. The van der Waals surface area contributed by atoms with Crippen molar-refractivity contribution in [2.75, 3.05) is 13.1 Å². The largest absolute Gasteiger partial charge is 0.347 e. The summed E-state index contributed by atoms with van der Waals surface area (Å²) in [6, 6.07) is 3.03. The Kier molecular flexibility index (Phi) is 5.12. The van der Waals surface area contributed by atoms with Crippen molar-refractivity contribution in [1.82, 2.24) is 10.2 Å². The summed E-state index contributed by atoms with van der Waals surface area (Å²) in [6.07, 6.45) is 1.26. The van der Waals surface area contributed by atoms with Crippen molar-refractivity contribution in [3.63, 3.8) is 0 Å². The molecular formula is C15H18Cl2N2O2. The summed E-state index contributed by atoms with van der Waals surface area (Å²) in [5, 5.41) is 3.79. The second kappa shape index (κ2) is 6.67. The minimum atomic E-state index is -0.255. The lowest BCUT2D eigenvalue weighted by atomic mass is 10.1. The molecule has 2 rings (SSSR count). The van der Waals surface area contributed by atoms with E-state index in [4.69, 9.17) is 23.2 Å². The number of halogens is 2. The van der Waals surface area contributed by atoms with Gasteiger partial charge in [-0.2, -0.15) is 0 Å². The minimum absolute atomic E-state index is 0.0853. The van der Waals surface area contributed by atoms with Gasteiger partial charge in [0, 0.05) is 35.1 Å². The van der Waals surface area contributed by atoms with Gasteiger partial charge in [-0.25, -0.2) is 0 Å². The van der Waals surface area contributed by atoms with E-state index in [2.05, 4.69) is 5.32 Å². The van der Waals surface area contributed by atoms with Crippen LogP contribution in [0.4, 0.5) is 0 Å². The number of hydrogen-bond donors (Lipinski definition) is 1. The molecule has 1 atom stereocenters. The number of rotatable bonds is 4. The molecule has 0 unspecified atom stereocenters. The maximum absolute atomic E-state index is 12.2. The molecule has 0 bridgehead atoms. The van der Waals surface area contributed by atoms with E-state index in [1.165, 1.54) is 0 Å². The lowest BCUT2D eigenvalue weighted by molar-refractivity contribution is -0.127. The third kappa shape index (κ3) is 3.69. The SMILES string of the molecule is CCCN1C[C@@H](NC(=O)c2cc(Cl)c(C)c(Cl)c2)CC1=O. The number of hydrogen-bond acceptors (Lipinski definition) is 2. The Hall–Kier alpha value is -1.26. The number of amides is 2. The van der Waals surface area contributed by atoms with Crippen molar-refractivity contribution in [2.24, 2.45) is 0 Å². The maximum Gasteiger partial charge on any atom is 0.251 e. The van der Waals surface area contributed by atoms with Crippen LogP contribution in [0.3, 0.4) is 0 Å². The monoisotopic (exact) mass is 328 g/mol. The average molecular weight is 329 g/mol. The van der Waals surface area contributed by atoms with Crippen LogP contribution in [0.1, 0.15) is 35.7 Å². The van der Waals surface area contributed by atoms with Crippen molar-refractivity contribution in [1.29, 1.82) is 0 Å². The summed E-state index contributed by atoms with van der Waals surface area (Å²) in [6.45, 7) is 5.11. The number of likely N-dealkylation sites (tertiary alicyclic amines) is 1. The first-order valence-corrected chi connectivity index (χ1v) is 7.72. The molecule has 0 aliphatic carbocycles. The highest BCUT2D eigenvalue weighted by Crippen LogP contribution is 2.25. The van der Waals surface area contributed by atoms with Crippen LogP contribution in [0, 0.1) is 6.92 Å². The molecule has 114 valence electrons. The molecule has 0 spiro atoms. The van der Waals surface area contributed by atoms with E-state index in [0.717, 1.165) is 18.5 Å². The van der Waals surface area contributed by atoms with Crippen molar-refractivity contribution in [2.45, 2.75) is 32.7 Å². The van der Waals surface area contributed by atoms with E-state index in [9.17, 15) is 9.59 Å². The van der Waals surface area contributed by atoms with Crippen LogP contribution < -0.4 is 5.32 Å². The van der Waals surface area contributed by atoms with Crippen LogP contribution >= 0.6 is 23.2 Å². The number of benzene rings is 1. The van der Waals surface area contributed by atoms with Gasteiger partial charge in [-0.1, -0.05) is 30.1 Å². The van der Waals surface area contributed by atoms with Gasteiger partial charge in [0.15, 0.2) is 0 Å². The molecule has 4 nitrogen and oxygen atoms in total. The zero-order valence-corrected chi connectivity index (χ0v) is 13.6. The van der Waals surface area contributed by atoms with Gasteiger partial charge in [-0.05, 0) is 31.0 Å². The van der Waals surface area contributed by atoms with Crippen molar-refractivity contribution < 1.29 is 9.59 Å². The van der Waals surface area contributed by atoms with E-state index in [1.54, 1.807) is 24.0 Å². The van der Waals surface area contributed by atoms with Gasteiger partial charge in [-0.3, -0.25) is 9.59 Å². The molecule has 1 heterocycles. The molecule has 0 radical (unpaired) electrons. The summed E-state index contributed by atoms with van der Waals surface area (Å²) in [5.41, 5.74) is 1.16. The molecular weight excluding hydrogens is 311 g/mol. The van der Waals surface area contributed by atoms with Crippen molar-refractivity contribution in [3.05, 3.63) is 33.3 Å². The predicted octanol–water partition coefficient (Wildman–Crippen LogP) is 3.04. The first kappa shape index (κ1) is 16.1. The van der Waals surface area contributed by atoms with Crippen LogP contribution in [0.25, 0.3) is 0 Å². The molecule has 6 heteroatoms. The smallest absolute Gasteiger partial charge is 0.251 e. The average Bonchev–Trinajstić information content (AvgIpc) is 2.76. The highest BCUT2D eigenvalue weighted by atomic mass is 35.5.